The summed E-state index contributed by atoms with van der Waals surface area (Å²) in [6, 6.07) is 11.4. The molecule has 6 nitrogen and oxygen atoms in total. The van der Waals surface area contributed by atoms with Gasteiger partial charge in [-0.2, -0.15) is 0 Å². The molecule has 0 saturated heterocycles. The Hall–Kier alpha value is -2.54. The molecule has 0 atom stereocenters. The maximum atomic E-state index is 12.5. The minimum absolute atomic E-state index is 0.0609. The second-order valence-electron chi connectivity index (χ2n) is 7.08. The highest BCUT2D eigenvalue weighted by Crippen LogP contribution is 2.35. The molecule has 1 aliphatic carbocycles. The fourth-order valence-corrected chi connectivity index (χ4v) is 3.74. The molecular weight excluding hydrogens is 431 g/mol. The van der Waals surface area contributed by atoms with Crippen molar-refractivity contribution in [1.82, 2.24) is 0 Å². The Balaban J connectivity index is 1.50. The van der Waals surface area contributed by atoms with Gasteiger partial charge in [0.1, 0.15) is 18.1 Å². The van der Waals surface area contributed by atoms with Crippen molar-refractivity contribution in [2.24, 2.45) is 5.92 Å². The van der Waals surface area contributed by atoms with Crippen molar-refractivity contribution < 1.29 is 23.8 Å². The second-order valence-corrected chi connectivity index (χ2v) is 7.92. The molecule has 0 amide bonds. The van der Waals surface area contributed by atoms with Gasteiger partial charge in [-0.15, -0.1) is 0 Å². The monoisotopic (exact) mass is 448 g/mol. The predicted molar refractivity (Wildman–Crippen MR) is 114 cm³/mol. The molecule has 0 unspecified atom stereocenters. The van der Waals surface area contributed by atoms with E-state index in [2.05, 4.69) is 0 Å². The second kappa shape index (κ2) is 8.68. The molecule has 1 N–H and O–H groups in total. The third-order valence-corrected chi connectivity index (χ3v) is 5.59. The fraction of sp³-hybridized carbons (Fsp3) is 0.273. The summed E-state index contributed by atoms with van der Waals surface area (Å²) in [5.74, 6) is -0.348. The van der Waals surface area contributed by atoms with Crippen LogP contribution in [0.3, 0.4) is 0 Å². The van der Waals surface area contributed by atoms with Crippen LogP contribution in [0.4, 0.5) is 0 Å². The summed E-state index contributed by atoms with van der Waals surface area (Å²) >= 11 is 12.3. The number of aliphatic carboxylic acids is 1. The Morgan fingerprint density at radius 2 is 1.93 bits per heavy atom. The zero-order valence-electron chi connectivity index (χ0n) is 15.8. The van der Waals surface area contributed by atoms with Gasteiger partial charge in [-0.05, 0) is 43.2 Å². The highest BCUT2D eigenvalue weighted by atomic mass is 35.5. The van der Waals surface area contributed by atoms with Gasteiger partial charge in [0.25, 0.3) is 0 Å². The lowest BCUT2D eigenvalue weighted by atomic mass is 9.82. The van der Waals surface area contributed by atoms with Crippen LogP contribution in [-0.2, 0) is 9.53 Å². The van der Waals surface area contributed by atoms with Crippen molar-refractivity contribution in [3.05, 3.63) is 62.7 Å². The Bertz CT molecular complexity index is 1150. The first-order chi connectivity index (χ1) is 14.4. The van der Waals surface area contributed by atoms with Gasteiger partial charge in [0.15, 0.2) is 11.0 Å². The first-order valence-corrected chi connectivity index (χ1v) is 10.2. The number of ether oxygens (including phenoxy) is 2. The lowest BCUT2D eigenvalue weighted by Gasteiger charge is -2.32. The number of halogens is 2. The van der Waals surface area contributed by atoms with Crippen LogP contribution < -0.4 is 10.2 Å². The van der Waals surface area contributed by atoms with Gasteiger partial charge in [-0.3, -0.25) is 9.59 Å². The van der Waals surface area contributed by atoms with Crippen LogP contribution in [0.25, 0.3) is 22.3 Å². The third-order valence-electron chi connectivity index (χ3n) is 5.05. The van der Waals surface area contributed by atoms with E-state index in [1.54, 1.807) is 36.4 Å². The van der Waals surface area contributed by atoms with Crippen LogP contribution in [0.15, 0.2) is 51.7 Å². The summed E-state index contributed by atoms with van der Waals surface area (Å²) < 4.78 is 17.4. The van der Waals surface area contributed by atoms with Gasteiger partial charge < -0.3 is 19.0 Å². The number of carboxylic acid groups (broad SMARTS) is 1. The number of hydrogen-bond acceptors (Lipinski definition) is 5. The highest BCUT2D eigenvalue weighted by molar-refractivity contribution is 6.34. The maximum absolute atomic E-state index is 12.5. The lowest BCUT2D eigenvalue weighted by Crippen LogP contribution is -2.37. The number of fused-ring (bicyclic) bond motifs is 1. The number of para-hydroxylation sites is 1. The van der Waals surface area contributed by atoms with Gasteiger partial charge in [0, 0.05) is 11.1 Å². The van der Waals surface area contributed by atoms with Crippen molar-refractivity contribution in [2.45, 2.75) is 18.9 Å². The van der Waals surface area contributed by atoms with Crippen molar-refractivity contribution >= 4 is 40.1 Å². The zero-order valence-corrected chi connectivity index (χ0v) is 17.3. The number of hydrogen-bond donors (Lipinski definition) is 1. The fourth-order valence-electron chi connectivity index (χ4n) is 3.36. The largest absolute Gasteiger partial charge is 0.490 e. The van der Waals surface area contributed by atoms with Crippen LogP contribution in [-0.4, -0.2) is 30.4 Å². The summed E-state index contributed by atoms with van der Waals surface area (Å²) in [5, 5.41) is 10.1. The SMILES string of the molecule is O=C(O)C1CC(OCCOc2cc(Cl)ccc2-c2cc(=O)c3cccc(Cl)c3o2)C1. The van der Waals surface area contributed by atoms with Gasteiger partial charge in [0.05, 0.1) is 34.6 Å². The molecule has 1 fully saturated rings. The Labute approximate surface area is 181 Å². The van der Waals surface area contributed by atoms with Crippen molar-refractivity contribution in [3.63, 3.8) is 0 Å². The van der Waals surface area contributed by atoms with Gasteiger partial charge in [-0.1, -0.05) is 29.3 Å². The average Bonchev–Trinajstić information content (AvgIpc) is 2.67. The van der Waals surface area contributed by atoms with E-state index in [0.717, 1.165) is 0 Å². The summed E-state index contributed by atoms with van der Waals surface area (Å²) in [6.45, 7) is 0.538. The molecule has 156 valence electrons. The van der Waals surface area contributed by atoms with E-state index in [4.69, 9.17) is 42.2 Å². The quantitative estimate of drug-likeness (QED) is 0.510. The molecule has 2 aromatic carbocycles. The summed E-state index contributed by atoms with van der Waals surface area (Å²) in [6.07, 6.45) is 0.968. The Kier molecular flexibility index (Phi) is 5.99. The van der Waals surface area contributed by atoms with Gasteiger partial charge >= 0.3 is 5.97 Å². The van der Waals surface area contributed by atoms with E-state index in [0.29, 0.717) is 57.5 Å². The third kappa shape index (κ3) is 4.31. The van der Waals surface area contributed by atoms with Crippen LogP contribution in [0.2, 0.25) is 10.0 Å². The molecule has 1 saturated carbocycles. The topological polar surface area (TPSA) is 86.0 Å². The minimum atomic E-state index is -0.786. The van der Waals surface area contributed by atoms with Crippen molar-refractivity contribution in [1.29, 1.82) is 0 Å². The van der Waals surface area contributed by atoms with E-state index >= 15 is 0 Å². The van der Waals surface area contributed by atoms with Crippen LogP contribution in [0.5, 0.6) is 5.75 Å². The molecule has 0 radical (unpaired) electrons. The number of benzene rings is 2. The van der Waals surface area contributed by atoms with Crippen molar-refractivity contribution in [3.8, 4) is 17.1 Å². The first kappa shape index (κ1) is 20.7. The molecule has 4 rings (SSSR count). The van der Waals surface area contributed by atoms with E-state index in [-0.39, 0.29) is 24.1 Å². The standard InChI is InChI=1S/C22H18Cl2O6/c23-13-4-5-16(20-11-18(25)15-2-1-3-17(24)21(15)30-20)19(10-13)29-7-6-28-14-8-12(9-14)22(26)27/h1-5,10-12,14H,6-9H2,(H,26,27). The van der Waals surface area contributed by atoms with Crippen molar-refractivity contribution in [2.75, 3.05) is 13.2 Å². The van der Waals surface area contributed by atoms with E-state index in [1.807, 2.05) is 0 Å². The van der Waals surface area contributed by atoms with Crippen LogP contribution in [0.1, 0.15) is 12.8 Å². The summed E-state index contributed by atoms with van der Waals surface area (Å²) in [7, 11) is 0. The molecule has 3 aromatic rings. The van der Waals surface area contributed by atoms with Gasteiger partial charge in [-0.25, -0.2) is 0 Å². The predicted octanol–water partition coefficient (Wildman–Crippen LogP) is 5.03. The van der Waals surface area contributed by atoms with E-state index < -0.39 is 5.97 Å². The number of carbonyl (C=O) groups is 1. The molecule has 0 aliphatic heterocycles. The summed E-state index contributed by atoms with van der Waals surface area (Å²) in [5.41, 5.74) is 0.660. The smallest absolute Gasteiger partial charge is 0.306 e. The molecular formula is C22H18Cl2O6. The lowest BCUT2D eigenvalue weighted by molar-refractivity contribution is -0.151. The number of carboxylic acids is 1. The Morgan fingerprint density at radius 3 is 2.70 bits per heavy atom. The first-order valence-electron chi connectivity index (χ1n) is 9.42. The number of rotatable bonds is 7. The molecule has 0 bridgehead atoms. The van der Waals surface area contributed by atoms with E-state index in [9.17, 15) is 9.59 Å². The minimum Gasteiger partial charge on any atom is -0.490 e. The molecule has 1 aromatic heterocycles. The van der Waals surface area contributed by atoms with E-state index in [1.165, 1.54) is 6.07 Å². The average molecular weight is 449 g/mol. The Morgan fingerprint density at radius 1 is 1.13 bits per heavy atom. The maximum Gasteiger partial charge on any atom is 0.306 e. The van der Waals surface area contributed by atoms with Crippen LogP contribution in [0, 0.1) is 5.92 Å². The normalized spacial score (nSPS) is 18.2. The molecule has 0 spiro atoms. The molecule has 30 heavy (non-hydrogen) atoms. The molecule has 1 aliphatic rings. The van der Waals surface area contributed by atoms with Gasteiger partial charge in [0.2, 0.25) is 0 Å². The molecule has 1 heterocycles. The zero-order chi connectivity index (χ0) is 21.3. The highest BCUT2D eigenvalue weighted by Gasteiger charge is 2.34. The van der Waals surface area contributed by atoms with Crippen LogP contribution >= 0.6 is 23.2 Å². The summed E-state index contributed by atoms with van der Waals surface area (Å²) in [4.78, 5) is 23.3. The molecule has 8 heteroatoms.